The Morgan fingerprint density at radius 2 is 1.87 bits per heavy atom. The van der Waals surface area contributed by atoms with Gasteiger partial charge in [0.2, 0.25) is 5.79 Å². The zero-order valence-electron chi connectivity index (χ0n) is 8.81. The predicted molar refractivity (Wildman–Crippen MR) is 55.3 cm³/mol. The van der Waals surface area contributed by atoms with E-state index in [-0.39, 0.29) is 19.0 Å². The second-order valence-electron chi connectivity index (χ2n) is 3.21. The molecule has 1 N–H and O–H groups in total. The predicted octanol–water partition coefficient (Wildman–Crippen LogP) is 0.813. The molecule has 4 heteroatoms. The van der Waals surface area contributed by atoms with E-state index in [2.05, 4.69) is 0 Å². The molecular weight excluding hydrogens is 196 g/mol. The third-order valence-electron chi connectivity index (χ3n) is 1.91. The van der Waals surface area contributed by atoms with Crippen LogP contribution in [0.5, 0.6) is 0 Å². The maximum atomic E-state index is 11.0. The van der Waals surface area contributed by atoms with Crippen molar-refractivity contribution in [2.24, 2.45) is 0 Å². The lowest BCUT2D eigenvalue weighted by atomic mass is 10.1. The first-order valence-corrected chi connectivity index (χ1v) is 5.03. The van der Waals surface area contributed by atoms with Gasteiger partial charge in [-0.05, 0) is 30.7 Å². The number of allylic oxidation sites excluding steroid dienone is 2. The Labute approximate surface area is 89.2 Å². The molecule has 0 heterocycles. The molecule has 1 aliphatic rings. The van der Waals surface area contributed by atoms with Gasteiger partial charge in [0.1, 0.15) is 0 Å². The van der Waals surface area contributed by atoms with Crippen LogP contribution in [-0.2, 0) is 14.3 Å². The van der Waals surface area contributed by atoms with Gasteiger partial charge in [-0.2, -0.15) is 0 Å². The van der Waals surface area contributed by atoms with Gasteiger partial charge in [0, 0.05) is 0 Å². The number of aliphatic hydroxyl groups is 1. The van der Waals surface area contributed by atoms with E-state index < -0.39 is 5.79 Å². The third-order valence-corrected chi connectivity index (χ3v) is 1.91. The standard InChI is InChI=1S/C11H16O4/c1-2-8-14-11(15-9-7-12)5-3-10(13)4-6-11/h3-6,12H,2,7-9H2,1H3. The molecule has 0 radical (unpaired) electrons. The summed E-state index contributed by atoms with van der Waals surface area (Å²) < 4.78 is 10.9. The minimum atomic E-state index is -0.980. The molecule has 0 aromatic carbocycles. The number of aliphatic hydroxyl groups excluding tert-OH is 1. The van der Waals surface area contributed by atoms with Gasteiger partial charge >= 0.3 is 0 Å². The van der Waals surface area contributed by atoms with Crippen LogP contribution < -0.4 is 0 Å². The topological polar surface area (TPSA) is 55.8 Å². The van der Waals surface area contributed by atoms with Crippen molar-refractivity contribution in [3.63, 3.8) is 0 Å². The van der Waals surface area contributed by atoms with Crippen molar-refractivity contribution < 1.29 is 19.4 Å². The lowest BCUT2D eigenvalue weighted by Crippen LogP contribution is -2.35. The maximum absolute atomic E-state index is 11.0. The molecule has 0 saturated heterocycles. The molecule has 0 atom stereocenters. The summed E-state index contributed by atoms with van der Waals surface area (Å²) in [5.41, 5.74) is 0. The molecule has 0 aromatic heterocycles. The second kappa shape index (κ2) is 5.80. The zero-order valence-corrected chi connectivity index (χ0v) is 8.81. The van der Waals surface area contributed by atoms with Crippen molar-refractivity contribution in [1.29, 1.82) is 0 Å². The molecule has 0 amide bonds. The summed E-state index contributed by atoms with van der Waals surface area (Å²) in [6.07, 6.45) is 6.82. The SMILES string of the molecule is CCCOC1(OCCO)C=CC(=O)C=C1. The first kappa shape index (κ1) is 12.1. The third kappa shape index (κ3) is 3.58. The molecule has 1 rings (SSSR count). The number of hydrogen-bond donors (Lipinski definition) is 1. The summed E-state index contributed by atoms with van der Waals surface area (Å²) in [6.45, 7) is 2.62. The van der Waals surface area contributed by atoms with E-state index in [1.54, 1.807) is 12.2 Å². The fourth-order valence-electron chi connectivity index (χ4n) is 1.21. The quantitative estimate of drug-likeness (QED) is 0.662. The maximum Gasteiger partial charge on any atom is 0.208 e. The normalized spacial score (nSPS) is 18.4. The Balaban J connectivity index is 2.64. The molecule has 0 unspecified atom stereocenters. The Morgan fingerprint density at radius 1 is 1.27 bits per heavy atom. The number of rotatable bonds is 6. The highest BCUT2D eigenvalue weighted by molar-refractivity contribution is 6.00. The van der Waals surface area contributed by atoms with Crippen molar-refractivity contribution in [3.8, 4) is 0 Å². The van der Waals surface area contributed by atoms with E-state index in [1.807, 2.05) is 6.92 Å². The highest BCUT2D eigenvalue weighted by atomic mass is 16.7. The minimum absolute atomic E-state index is 0.0765. The van der Waals surface area contributed by atoms with Gasteiger partial charge in [-0.15, -0.1) is 0 Å². The number of carbonyl (C=O) groups excluding carboxylic acids is 1. The summed E-state index contributed by atoms with van der Waals surface area (Å²) in [7, 11) is 0. The minimum Gasteiger partial charge on any atom is -0.394 e. The van der Waals surface area contributed by atoms with Crippen LogP contribution in [0.25, 0.3) is 0 Å². The molecule has 0 aromatic rings. The summed E-state index contributed by atoms with van der Waals surface area (Å²) in [6, 6.07) is 0. The molecule has 0 spiro atoms. The first-order chi connectivity index (χ1) is 7.22. The average Bonchev–Trinajstić information content (AvgIpc) is 2.27. The van der Waals surface area contributed by atoms with E-state index in [4.69, 9.17) is 14.6 Å². The van der Waals surface area contributed by atoms with Crippen LogP contribution in [-0.4, -0.2) is 36.5 Å². The second-order valence-corrected chi connectivity index (χ2v) is 3.21. The molecule has 84 valence electrons. The number of ketones is 1. The highest BCUT2D eigenvalue weighted by Gasteiger charge is 2.28. The van der Waals surface area contributed by atoms with Crippen molar-refractivity contribution in [2.45, 2.75) is 19.1 Å². The Bertz CT molecular complexity index is 242. The van der Waals surface area contributed by atoms with Crippen LogP contribution in [0.1, 0.15) is 13.3 Å². The summed E-state index contributed by atoms with van der Waals surface area (Å²) in [4.78, 5) is 11.0. The Morgan fingerprint density at radius 3 is 2.40 bits per heavy atom. The van der Waals surface area contributed by atoms with Crippen molar-refractivity contribution >= 4 is 5.78 Å². The number of ether oxygens (including phenoxy) is 2. The van der Waals surface area contributed by atoms with Crippen LogP contribution in [0.2, 0.25) is 0 Å². The number of hydrogen-bond acceptors (Lipinski definition) is 4. The van der Waals surface area contributed by atoms with E-state index >= 15 is 0 Å². The molecular formula is C11H16O4. The van der Waals surface area contributed by atoms with Crippen molar-refractivity contribution in [1.82, 2.24) is 0 Å². The highest BCUT2D eigenvalue weighted by Crippen LogP contribution is 2.21. The smallest absolute Gasteiger partial charge is 0.208 e. The largest absolute Gasteiger partial charge is 0.394 e. The number of carbonyl (C=O) groups is 1. The van der Waals surface area contributed by atoms with E-state index in [1.165, 1.54) is 12.2 Å². The molecule has 15 heavy (non-hydrogen) atoms. The van der Waals surface area contributed by atoms with Crippen LogP contribution in [0.15, 0.2) is 24.3 Å². The zero-order chi connectivity index (χ0) is 11.1. The molecule has 4 nitrogen and oxygen atoms in total. The van der Waals surface area contributed by atoms with Gasteiger partial charge < -0.3 is 14.6 Å². The molecule has 0 aliphatic heterocycles. The van der Waals surface area contributed by atoms with Gasteiger partial charge in [0.15, 0.2) is 5.78 Å². The van der Waals surface area contributed by atoms with Crippen LogP contribution in [0, 0.1) is 0 Å². The summed E-state index contributed by atoms with van der Waals surface area (Å²) in [5, 5.41) is 8.69. The monoisotopic (exact) mass is 212 g/mol. The van der Waals surface area contributed by atoms with Crippen molar-refractivity contribution in [2.75, 3.05) is 19.8 Å². The molecule has 0 bridgehead atoms. The van der Waals surface area contributed by atoms with Crippen LogP contribution >= 0.6 is 0 Å². The van der Waals surface area contributed by atoms with E-state index in [9.17, 15) is 4.79 Å². The fourth-order valence-corrected chi connectivity index (χ4v) is 1.21. The van der Waals surface area contributed by atoms with Gasteiger partial charge in [-0.25, -0.2) is 0 Å². The van der Waals surface area contributed by atoms with Crippen LogP contribution in [0.4, 0.5) is 0 Å². The average molecular weight is 212 g/mol. The molecule has 1 aliphatic carbocycles. The lowest BCUT2D eigenvalue weighted by Gasteiger charge is -2.28. The fraction of sp³-hybridized carbons (Fsp3) is 0.545. The van der Waals surface area contributed by atoms with Gasteiger partial charge in [0.25, 0.3) is 0 Å². The van der Waals surface area contributed by atoms with Gasteiger partial charge in [-0.1, -0.05) is 6.92 Å². The lowest BCUT2D eigenvalue weighted by molar-refractivity contribution is -0.176. The first-order valence-electron chi connectivity index (χ1n) is 5.03. The molecule has 0 saturated carbocycles. The van der Waals surface area contributed by atoms with Crippen molar-refractivity contribution in [3.05, 3.63) is 24.3 Å². The summed E-state index contributed by atoms with van der Waals surface area (Å²) in [5.74, 6) is -1.06. The van der Waals surface area contributed by atoms with E-state index in [0.29, 0.717) is 6.61 Å². The molecule has 0 fully saturated rings. The Kier molecular flexibility index (Phi) is 4.68. The van der Waals surface area contributed by atoms with Crippen LogP contribution in [0.3, 0.4) is 0 Å². The van der Waals surface area contributed by atoms with Gasteiger partial charge in [0.05, 0.1) is 19.8 Å². The Hall–Kier alpha value is -0.970. The van der Waals surface area contributed by atoms with E-state index in [0.717, 1.165) is 6.42 Å². The van der Waals surface area contributed by atoms with Gasteiger partial charge in [-0.3, -0.25) is 4.79 Å². The summed E-state index contributed by atoms with van der Waals surface area (Å²) >= 11 is 0.